The van der Waals surface area contributed by atoms with E-state index in [1.54, 1.807) is 6.07 Å². The highest BCUT2D eigenvalue weighted by Gasteiger charge is 2.17. The maximum Gasteiger partial charge on any atom is 0.341 e. The summed E-state index contributed by atoms with van der Waals surface area (Å²) in [5.41, 5.74) is 1.68. The van der Waals surface area contributed by atoms with Gasteiger partial charge in [0.25, 0.3) is 0 Å². The van der Waals surface area contributed by atoms with Crippen molar-refractivity contribution in [2.45, 2.75) is 13.3 Å². The Bertz CT molecular complexity index is 571. The maximum atomic E-state index is 10.5. The zero-order valence-corrected chi connectivity index (χ0v) is 12.3. The summed E-state index contributed by atoms with van der Waals surface area (Å²) >= 11 is 12.2. The van der Waals surface area contributed by atoms with E-state index in [9.17, 15) is 4.79 Å². The van der Waals surface area contributed by atoms with E-state index in [2.05, 4.69) is 11.7 Å². The Morgan fingerprint density at radius 2 is 2.10 bits per heavy atom. The van der Waals surface area contributed by atoms with Gasteiger partial charge in [-0.3, -0.25) is 0 Å². The lowest BCUT2D eigenvalue weighted by atomic mass is 10.0. The van der Waals surface area contributed by atoms with Crippen molar-refractivity contribution in [2.75, 3.05) is 6.61 Å². The van der Waals surface area contributed by atoms with Crippen LogP contribution in [0.25, 0.3) is 0 Å². The summed E-state index contributed by atoms with van der Waals surface area (Å²) in [5.74, 6) is 4.43. The molecule has 0 atom stereocenters. The zero-order valence-electron chi connectivity index (χ0n) is 10.8. The van der Waals surface area contributed by atoms with Crippen LogP contribution in [0.15, 0.2) is 29.4 Å². The number of hydrogen-bond acceptors (Lipinski definition) is 4. The second-order valence-corrected chi connectivity index (χ2v) is 4.61. The van der Waals surface area contributed by atoms with Gasteiger partial charge in [-0.2, -0.15) is 5.10 Å². The molecule has 0 aliphatic carbocycles. The van der Waals surface area contributed by atoms with Gasteiger partial charge >= 0.3 is 5.97 Å². The standard InChI is InChI=1S/C13H14Cl2N2O3/c1-3-7(2)13(17-16)8-4-5-9(12(15)11(8)14)20-6-10(18)19/h4-5H,2-3,6,16H2,1H3,(H,18,19)/b17-13+. The van der Waals surface area contributed by atoms with Crippen LogP contribution < -0.4 is 10.6 Å². The summed E-state index contributed by atoms with van der Waals surface area (Å²) in [6.45, 7) is 5.26. The number of hydrogen-bond donors (Lipinski definition) is 2. The summed E-state index contributed by atoms with van der Waals surface area (Å²) in [7, 11) is 0. The van der Waals surface area contributed by atoms with Gasteiger partial charge in [-0.25, -0.2) is 4.79 Å². The summed E-state index contributed by atoms with van der Waals surface area (Å²) < 4.78 is 5.02. The number of nitrogens with two attached hydrogens (primary N) is 1. The number of allylic oxidation sites excluding steroid dienone is 1. The van der Waals surface area contributed by atoms with Crippen LogP contribution in [0.4, 0.5) is 0 Å². The minimum Gasteiger partial charge on any atom is -0.480 e. The molecule has 20 heavy (non-hydrogen) atoms. The largest absolute Gasteiger partial charge is 0.480 e. The fourth-order valence-corrected chi connectivity index (χ4v) is 1.95. The number of halogens is 2. The molecule has 1 rings (SSSR count). The molecule has 0 heterocycles. The molecular weight excluding hydrogens is 303 g/mol. The fourth-order valence-electron chi connectivity index (χ4n) is 1.48. The molecule has 0 unspecified atom stereocenters. The lowest BCUT2D eigenvalue weighted by Crippen LogP contribution is -2.11. The number of carboxylic acids is 1. The summed E-state index contributed by atoms with van der Waals surface area (Å²) in [5, 5.41) is 12.5. The lowest BCUT2D eigenvalue weighted by molar-refractivity contribution is -0.139. The monoisotopic (exact) mass is 316 g/mol. The molecule has 7 heteroatoms. The van der Waals surface area contributed by atoms with E-state index in [0.29, 0.717) is 23.3 Å². The number of ether oxygens (including phenoxy) is 1. The third kappa shape index (κ3) is 3.65. The van der Waals surface area contributed by atoms with Gasteiger partial charge in [-0.15, -0.1) is 0 Å². The van der Waals surface area contributed by atoms with Crippen LogP contribution in [0.1, 0.15) is 18.9 Å². The van der Waals surface area contributed by atoms with Crippen molar-refractivity contribution in [3.05, 3.63) is 39.9 Å². The second-order valence-electron chi connectivity index (χ2n) is 3.86. The van der Waals surface area contributed by atoms with Gasteiger partial charge in [0.05, 0.1) is 10.7 Å². The summed E-state index contributed by atoms with van der Waals surface area (Å²) in [6, 6.07) is 3.12. The van der Waals surface area contributed by atoms with Crippen molar-refractivity contribution < 1.29 is 14.6 Å². The molecule has 0 fully saturated rings. The van der Waals surface area contributed by atoms with E-state index in [0.717, 1.165) is 0 Å². The lowest BCUT2D eigenvalue weighted by Gasteiger charge is -2.13. The molecule has 0 amide bonds. The Kier molecular flexibility index (Phi) is 5.85. The maximum absolute atomic E-state index is 10.5. The minimum absolute atomic E-state index is 0.107. The van der Waals surface area contributed by atoms with Gasteiger partial charge in [0.2, 0.25) is 0 Å². The Labute approximate surface area is 126 Å². The summed E-state index contributed by atoms with van der Waals surface area (Å²) in [4.78, 5) is 10.5. The van der Waals surface area contributed by atoms with Crippen LogP contribution in [-0.4, -0.2) is 23.4 Å². The quantitative estimate of drug-likeness (QED) is 0.480. The molecular formula is C13H14Cl2N2O3. The van der Waals surface area contributed by atoms with Crippen molar-refractivity contribution in [1.82, 2.24) is 0 Å². The number of hydrazone groups is 1. The number of rotatable bonds is 6. The van der Waals surface area contributed by atoms with E-state index in [-0.39, 0.29) is 15.8 Å². The third-order valence-electron chi connectivity index (χ3n) is 2.54. The zero-order chi connectivity index (χ0) is 15.3. The predicted molar refractivity (Wildman–Crippen MR) is 79.7 cm³/mol. The summed E-state index contributed by atoms with van der Waals surface area (Å²) in [6.07, 6.45) is 0.654. The highest BCUT2D eigenvalue weighted by Crippen LogP contribution is 2.35. The number of carboxylic acid groups (broad SMARTS) is 1. The molecule has 1 aromatic rings. The van der Waals surface area contributed by atoms with Crippen LogP contribution >= 0.6 is 23.2 Å². The topological polar surface area (TPSA) is 84.9 Å². The first-order chi connectivity index (χ1) is 9.42. The number of aliphatic carboxylic acids is 1. The Morgan fingerprint density at radius 1 is 1.45 bits per heavy atom. The van der Waals surface area contributed by atoms with Crippen LogP contribution in [-0.2, 0) is 4.79 Å². The van der Waals surface area contributed by atoms with E-state index in [4.69, 9.17) is 38.9 Å². The van der Waals surface area contributed by atoms with Gasteiger partial charge in [0.15, 0.2) is 6.61 Å². The van der Waals surface area contributed by atoms with Crippen molar-refractivity contribution in [2.24, 2.45) is 10.9 Å². The molecule has 0 aromatic heterocycles. The molecule has 0 spiro atoms. The first kappa shape index (κ1) is 16.3. The molecule has 3 N–H and O–H groups in total. The number of nitrogens with zero attached hydrogens (tertiary/aromatic N) is 1. The normalized spacial score (nSPS) is 11.2. The Balaban J connectivity index is 3.17. The second kappa shape index (κ2) is 7.17. The minimum atomic E-state index is -1.11. The third-order valence-corrected chi connectivity index (χ3v) is 3.41. The van der Waals surface area contributed by atoms with E-state index in [1.807, 2.05) is 6.92 Å². The smallest absolute Gasteiger partial charge is 0.341 e. The predicted octanol–water partition coefficient (Wildman–Crippen LogP) is 3.09. The van der Waals surface area contributed by atoms with Gasteiger partial charge in [-0.05, 0) is 24.1 Å². The van der Waals surface area contributed by atoms with Crippen molar-refractivity contribution in [3.8, 4) is 5.75 Å². The van der Waals surface area contributed by atoms with Crippen LogP contribution in [0.3, 0.4) is 0 Å². The Hall–Kier alpha value is -1.72. The van der Waals surface area contributed by atoms with Crippen LogP contribution in [0.2, 0.25) is 10.0 Å². The Morgan fingerprint density at radius 3 is 2.60 bits per heavy atom. The molecule has 0 radical (unpaired) electrons. The van der Waals surface area contributed by atoms with Crippen LogP contribution in [0.5, 0.6) is 5.75 Å². The molecule has 0 aliphatic heterocycles. The first-order valence-electron chi connectivity index (χ1n) is 5.71. The number of benzene rings is 1. The van der Waals surface area contributed by atoms with E-state index >= 15 is 0 Å². The van der Waals surface area contributed by atoms with Gasteiger partial charge in [-0.1, -0.05) is 36.7 Å². The van der Waals surface area contributed by atoms with Crippen molar-refractivity contribution >= 4 is 34.9 Å². The molecule has 0 saturated heterocycles. The van der Waals surface area contributed by atoms with E-state index in [1.165, 1.54) is 6.07 Å². The highest BCUT2D eigenvalue weighted by atomic mass is 35.5. The average molecular weight is 317 g/mol. The van der Waals surface area contributed by atoms with Crippen molar-refractivity contribution in [1.29, 1.82) is 0 Å². The molecule has 108 valence electrons. The molecule has 0 aliphatic rings. The molecule has 0 bridgehead atoms. The average Bonchev–Trinajstić information content (AvgIpc) is 2.42. The molecule has 5 nitrogen and oxygen atoms in total. The molecule has 0 saturated carbocycles. The highest BCUT2D eigenvalue weighted by molar-refractivity contribution is 6.45. The molecule has 1 aromatic carbocycles. The van der Waals surface area contributed by atoms with Crippen LogP contribution in [0, 0.1) is 0 Å². The SMILES string of the molecule is C=C(CC)/C(=N\N)c1ccc(OCC(=O)O)c(Cl)c1Cl. The fraction of sp³-hybridized carbons (Fsp3) is 0.231. The first-order valence-corrected chi connectivity index (χ1v) is 6.46. The van der Waals surface area contributed by atoms with Gasteiger partial charge in [0.1, 0.15) is 10.8 Å². The number of carbonyl (C=O) groups is 1. The van der Waals surface area contributed by atoms with Gasteiger partial charge in [0, 0.05) is 5.56 Å². The van der Waals surface area contributed by atoms with E-state index < -0.39 is 12.6 Å². The van der Waals surface area contributed by atoms with Gasteiger partial charge < -0.3 is 15.7 Å². The van der Waals surface area contributed by atoms with Crippen molar-refractivity contribution in [3.63, 3.8) is 0 Å².